The van der Waals surface area contributed by atoms with E-state index >= 15 is 0 Å². The van der Waals surface area contributed by atoms with Crippen LogP contribution in [0.4, 0.5) is 0 Å². The first kappa shape index (κ1) is 16.9. The Bertz CT molecular complexity index is 1260. The molecule has 1 aliphatic carbocycles. The Morgan fingerprint density at radius 3 is 2.66 bits per heavy atom. The molecule has 1 fully saturated rings. The Morgan fingerprint density at radius 1 is 0.897 bits per heavy atom. The molecule has 1 N–H and O–H groups in total. The summed E-state index contributed by atoms with van der Waals surface area (Å²) in [6, 6.07) is 20.1. The molecular formula is C27H25NO. The fourth-order valence-electron chi connectivity index (χ4n) is 5.31. The first-order valence-electron chi connectivity index (χ1n) is 10.8. The van der Waals surface area contributed by atoms with Crippen LogP contribution in [-0.4, -0.2) is 0 Å². The number of para-hydroxylation sites is 1. The average Bonchev–Trinajstić information content (AvgIpc) is 3.41. The maximum atomic E-state index is 6.35. The zero-order valence-electron chi connectivity index (χ0n) is 16.7. The Kier molecular flexibility index (Phi) is 3.80. The number of nitrogens with one attached hydrogen (secondary N) is 1. The number of fused-ring (bicyclic) bond motifs is 4. The van der Waals surface area contributed by atoms with Gasteiger partial charge in [-0.25, -0.2) is 0 Å². The van der Waals surface area contributed by atoms with Crippen molar-refractivity contribution in [2.45, 2.75) is 44.6 Å². The van der Waals surface area contributed by atoms with Gasteiger partial charge in [-0.05, 0) is 78.4 Å². The minimum Gasteiger partial charge on any atom is -0.456 e. The molecule has 3 aromatic carbocycles. The zero-order valence-corrected chi connectivity index (χ0v) is 16.7. The summed E-state index contributed by atoms with van der Waals surface area (Å²) >= 11 is 0. The van der Waals surface area contributed by atoms with E-state index in [1.165, 1.54) is 64.3 Å². The van der Waals surface area contributed by atoms with Gasteiger partial charge in [0.05, 0.1) is 6.04 Å². The third-order valence-electron chi connectivity index (χ3n) is 6.74. The standard InChI is InChI=1S/C27H25NO/c1-17-14-23-22-8-4-5-9-25(22)29-27(23)24(15-17)26-21-11-10-19(18-6-2-3-7-18)16-20(21)12-13-28-26/h4-5,8-16,18,26,28H,2-3,6-7H2,1H3. The van der Waals surface area contributed by atoms with Gasteiger partial charge >= 0.3 is 0 Å². The molecule has 2 heteroatoms. The first-order chi connectivity index (χ1) is 14.3. The molecule has 1 aliphatic heterocycles. The molecule has 0 saturated heterocycles. The Morgan fingerprint density at radius 2 is 1.76 bits per heavy atom. The second kappa shape index (κ2) is 6.52. The Balaban J connectivity index is 1.51. The third-order valence-corrected chi connectivity index (χ3v) is 6.74. The fraction of sp³-hybridized carbons (Fsp3) is 0.259. The maximum Gasteiger partial charge on any atom is 0.141 e. The fourth-order valence-corrected chi connectivity index (χ4v) is 5.31. The number of aryl methyl sites for hydroxylation is 1. The van der Waals surface area contributed by atoms with Gasteiger partial charge in [0, 0.05) is 16.3 Å². The van der Waals surface area contributed by atoms with Crippen molar-refractivity contribution < 1.29 is 4.42 Å². The molecule has 4 aromatic rings. The lowest BCUT2D eigenvalue weighted by molar-refractivity contribution is 0.643. The molecule has 1 saturated carbocycles. The first-order valence-corrected chi connectivity index (χ1v) is 10.8. The van der Waals surface area contributed by atoms with Gasteiger partial charge in [0.15, 0.2) is 0 Å². The van der Waals surface area contributed by atoms with E-state index in [0.29, 0.717) is 0 Å². The van der Waals surface area contributed by atoms with Gasteiger partial charge in [0.25, 0.3) is 0 Å². The summed E-state index contributed by atoms with van der Waals surface area (Å²) in [6.45, 7) is 2.17. The summed E-state index contributed by atoms with van der Waals surface area (Å²) in [6.07, 6.45) is 9.73. The average molecular weight is 380 g/mol. The van der Waals surface area contributed by atoms with Crippen LogP contribution in [0.1, 0.15) is 65.5 Å². The molecule has 2 aliphatic rings. The molecule has 6 rings (SSSR count). The van der Waals surface area contributed by atoms with Crippen LogP contribution in [0.15, 0.2) is 65.2 Å². The van der Waals surface area contributed by atoms with E-state index in [1.807, 2.05) is 6.07 Å². The van der Waals surface area contributed by atoms with E-state index in [-0.39, 0.29) is 6.04 Å². The molecule has 1 unspecified atom stereocenters. The minimum atomic E-state index is 0.107. The molecular weight excluding hydrogens is 354 g/mol. The smallest absolute Gasteiger partial charge is 0.141 e. The van der Waals surface area contributed by atoms with Crippen LogP contribution in [0.2, 0.25) is 0 Å². The van der Waals surface area contributed by atoms with Crippen molar-refractivity contribution in [3.63, 3.8) is 0 Å². The van der Waals surface area contributed by atoms with Gasteiger partial charge in [-0.3, -0.25) is 0 Å². The maximum absolute atomic E-state index is 6.35. The van der Waals surface area contributed by atoms with Gasteiger partial charge in [-0.15, -0.1) is 0 Å². The topological polar surface area (TPSA) is 25.2 Å². The minimum absolute atomic E-state index is 0.107. The highest BCUT2D eigenvalue weighted by Gasteiger charge is 2.25. The van der Waals surface area contributed by atoms with Crippen LogP contribution in [0.25, 0.3) is 28.0 Å². The SMILES string of the molecule is Cc1cc(C2NC=Cc3cc(C4CCCC4)ccc32)c2oc3ccccc3c2c1. The molecule has 0 amide bonds. The van der Waals surface area contributed by atoms with Crippen molar-refractivity contribution in [3.8, 4) is 0 Å². The van der Waals surface area contributed by atoms with E-state index in [9.17, 15) is 0 Å². The van der Waals surface area contributed by atoms with Gasteiger partial charge in [-0.1, -0.05) is 49.2 Å². The Hall–Kier alpha value is -3.00. The van der Waals surface area contributed by atoms with Gasteiger partial charge in [0.1, 0.15) is 11.2 Å². The van der Waals surface area contributed by atoms with Crippen LogP contribution < -0.4 is 5.32 Å². The van der Waals surface area contributed by atoms with E-state index in [0.717, 1.165) is 17.1 Å². The second-order valence-corrected chi connectivity index (χ2v) is 8.63. The number of rotatable bonds is 2. The molecule has 29 heavy (non-hydrogen) atoms. The molecule has 0 bridgehead atoms. The summed E-state index contributed by atoms with van der Waals surface area (Å²) in [5.74, 6) is 0.739. The Labute approximate surface area is 171 Å². The van der Waals surface area contributed by atoms with Crippen LogP contribution >= 0.6 is 0 Å². The number of benzene rings is 3. The molecule has 2 nitrogen and oxygen atoms in total. The van der Waals surface area contributed by atoms with Crippen molar-refractivity contribution in [1.82, 2.24) is 5.32 Å². The summed E-state index contributed by atoms with van der Waals surface area (Å²) in [5, 5.41) is 6.00. The largest absolute Gasteiger partial charge is 0.456 e. The molecule has 1 aromatic heterocycles. The number of hydrogen-bond donors (Lipinski definition) is 1. The van der Waals surface area contributed by atoms with Gasteiger partial charge < -0.3 is 9.73 Å². The van der Waals surface area contributed by atoms with Crippen molar-refractivity contribution in [3.05, 3.63) is 88.6 Å². The van der Waals surface area contributed by atoms with Crippen LogP contribution in [0, 0.1) is 6.92 Å². The van der Waals surface area contributed by atoms with Crippen LogP contribution in [-0.2, 0) is 0 Å². The third kappa shape index (κ3) is 2.70. The lowest BCUT2D eigenvalue weighted by atomic mass is 9.87. The molecule has 0 radical (unpaired) electrons. The van der Waals surface area contributed by atoms with E-state index in [1.54, 1.807) is 0 Å². The van der Waals surface area contributed by atoms with Crippen molar-refractivity contribution in [2.75, 3.05) is 0 Å². The zero-order chi connectivity index (χ0) is 19.4. The van der Waals surface area contributed by atoms with Crippen molar-refractivity contribution in [1.29, 1.82) is 0 Å². The summed E-state index contributed by atoms with van der Waals surface area (Å²) in [4.78, 5) is 0. The quantitative estimate of drug-likeness (QED) is 0.398. The van der Waals surface area contributed by atoms with Crippen molar-refractivity contribution >= 4 is 28.0 Å². The normalized spacial score (nSPS) is 19.0. The molecule has 2 heterocycles. The monoisotopic (exact) mass is 379 g/mol. The number of hydrogen-bond acceptors (Lipinski definition) is 2. The summed E-state index contributed by atoms with van der Waals surface area (Å²) in [7, 11) is 0. The van der Waals surface area contributed by atoms with Crippen molar-refractivity contribution in [2.24, 2.45) is 0 Å². The second-order valence-electron chi connectivity index (χ2n) is 8.63. The summed E-state index contributed by atoms with van der Waals surface area (Å²) in [5.41, 5.74) is 8.61. The predicted octanol–water partition coefficient (Wildman–Crippen LogP) is 7.22. The number of furan rings is 1. The van der Waals surface area contributed by atoms with Gasteiger partial charge in [-0.2, -0.15) is 0 Å². The van der Waals surface area contributed by atoms with Crippen LogP contribution in [0.3, 0.4) is 0 Å². The summed E-state index contributed by atoms with van der Waals surface area (Å²) < 4.78 is 6.35. The molecule has 0 spiro atoms. The predicted molar refractivity (Wildman–Crippen MR) is 120 cm³/mol. The lowest BCUT2D eigenvalue weighted by Crippen LogP contribution is -2.21. The van der Waals surface area contributed by atoms with Crippen LogP contribution in [0.5, 0.6) is 0 Å². The highest BCUT2D eigenvalue weighted by molar-refractivity contribution is 6.06. The van der Waals surface area contributed by atoms with E-state index in [4.69, 9.17) is 4.42 Å². The molecule has 1 atom stereocenters. The lowest BCUT2D eigenvalue weighted by Gasteiger charge is -2.26. The van der Waals surface area contributed by atoms with E-state index < -0.39 is 0 Å². The highest BCUT2D eigenvalue weighted by atomic mass is 16.3. The highest BCUT2D eigenvalue weighted by Crippen LogP contribution is 2.40. The molecule has 144 valence electrons. The van der Waals surface area contributed by atoms with E-state index in [2.05, 4.69) is 73.0 Å². The van der Waals surface area contributed by atoms with Gasteiger partial charge in [0.2, 0.25) is 0 Å².